The zero-order valence-electron chi connectivity index (χ0n) is 11.7. The van der Waals surface area contributed by atoms with Gasteiger partial charge in [0.25, 0.3) is 0 Å². The van der Waals surface area contributed by atoms with Crippen LogP contribution in [0.25, 0.3) is 11.1 Å². The second-order valence-electron chi connectivity index (χ2n) is 4.60. The molecule has 0 aliphatic carbocycles. The minimum Gasteiger partial charge on any atom is -0.494 e. The molecule has 0 aliphatic heterocycles. The second-order valence-corrected chi connectivity index (χ2v) is 5.00. The van der Waals surface area contributed by atoms with E-state index >= 15 is 0 Å². The van der Waals surface area contributed by atoms with Gasteiger partial charge in [-0.15, -0.1) is 0 Å². The van der Waals surface area contributed by atoms with Crippen LogP contribution in [0, 0.1) is 5.82 Å². The van der Waals surface area contributed by atoms with Crippen LogP contribution in [0.3, 0.4) is 0 Å². The van der Waals surface area contributed by atoms with Crippen molar-refractivity contribution < 1.29 is 9.13 Å². The molecule has 0 aromatic heterocycles. The first-order valence-corrected chi connectivity index (χ1v) is 6.75. The van der Waals surface area contributed by atoms with Crippen molar-refractivity contribution in [3.63, 3.8) is 0 Å². The highest BCUT2D eigenvalue weighted by Gasteiger charge is 2.10. The fourth-order valence-corrected chi connectivity index (χ4v) is 2.40. The highest BCUT2D eigenvalue weighted by atomic mass is 35.5. The van der Waals surface area contributed by atoms with Crippen molar-refractivity contribution in [1.82, 2.24) is 5.32 Å². The minimum absolute atomic E-state index is 0.171. The summed E-state index contributed by atoms with van der Waals surface area (Å²) < 4.78 is 18.6. The molecule has 1 atom stereocenters. The van der Waals surface area contributed by atoms with Gasteiger partial charge in [0, 0.05) is 11.1 Å². The number of halogens is 2. The number of benzene rings is 2. The van der Waals surface area contributed by atoms with E-state index in [1.807, 2.05) is 38.2 Å². The molecular weight excluding hydrogens is 277 g/mol. The van der Waals surface area contributed by atoms with Crippen molar-refractivity contribution in [1.29, 1.82) is 0 Å². The number of methoxy groups -OCH3 is 1. The van der Waals surface area contributed by atoms with Crippen molar-refractivity contribution in [2.45, 2.75) is 13.0 Å². The molecule has 2 aromatic rings. The minimum atomic E-state index is -0.381. The molecule has 0 fully saturated rings. The zero-order valence-corrected chi connectivity index (χ0v) is 12.5. The lowest BCUT2D eigenvalue weighted by Gasteiger charge is -2.14. The normalized spacial score (nSPS) is 12.2. The van der Waals surface area contributed by atoms with Gasteiger partial charge in [0.1, 0.15) is 0 Å². The highest BCUT2D eigenvalue weighted by molar-refractivity contribution is 6.31. The molecule has 0 heterocycles. The fourth-order valence-electron chi connectivity index (χ4n) is 2.06. The van der Waals surface area contributed by atoms with Gasteiger partial charge in [0.05, 0.1) is 7.11 Å². The summed E-state index contributed by atoms with van der Waals surface area (Å²) in [4.78, 5) is 0. The second kappa shape index (κ2) is 6.25. The first kappa shape index (κ1) is 14.8. The maximum Gasteiger partial charge on any atom is 0.165 e. The van der Waals surface area contributed by atoms with E-state index in [2.05, 4.69) is 5.32 Å². The van der Waals surface area contributed by atoms with Crippen LogP contribution in [0.5, 0.6) is 5.75 Å². The van der Waals surface area contributed by atoms with E-state index in [9.17, 15) is 4.39 Å². The molecule has 0 amide bonds. The Morgan fingerprint density at radius 2 is 1.80 bits per heavy atom. The highest BCUT2D eigenvalue weighted by Crippen LogP contribution is 2.30. The summed E-state index contributed by atoms with van der Waals surface area (Å²) in [5.74, 6) is -0.144. The van der Waals surface area contributed by atoms with Crippen LogP contribution in [0.1, 0.15) is 18.5 Å². The lowest BCUT2D eigenvalue weighted by atomic mass is 10.0. The van der Waals surface area contributed by atoms with Crippen molar-refractivity contribution in [2.24, 2.45) is 0 Å². The van der Waals surface area contributed by atoms with Gasteiger partial charge < -0.3 is 10.1 Å². The van der Waals surface area contributed by atoms with Crippen LogP contribution < -0.4 is 10.1 Å². The van der Waals surface area contributed by atoms with Crippen molar-refractivity contribution in [3.05, 3.63) is 52.8 Å². The molecule has 1 N–H and O–H groups in total. The van der Waals surface area contributed by atoms with E-state index in [0.717, 1.165) is 16.7 Å². The molecule has 2 nitrogen and oxygen atoms in total. The molecule has 2 rings (SSSR count). The van der Waals surface area contributed by atoms with Crippen molar-refractivity contribution in [3.8, 4) is 16.9 Å². The Labute approximate surface area is 123 Å². The molecule has 1 unspecified atom stereocenters. The van der Waals surface area contributed by atoms with Gasteiger partial charge in [0.15, 0.2) is 11.6 Å². The summed E-state index contributed by atoms with van der Waals surface area (Å²) in [6.45, 7) is 2.04. The van der Waals surface area contributed by atoms with Crippen LogP contribution >= 0.6 is 11.6 Å². The Hall–Kier alpha value is -1.58. The van der Waals surface area contributed by atoms with Crippen LogP contribution in [0.2, 0.25) is 5.02 Å². The number of nitrogens with one attached hydrogen (secondary N) is 1. The number of hydrogen-bond acceptors (Lipinski definition) is 2. The van der Waals surface area contributed by atoms with Crippen LogP contribution in [0.15, 0.2) is 36.4 Å². The standard InChI is InChI=1S/C16H17ClFNO/c1-10(19-2)13-6-4-11(8-14(13)17)12-5-7-16(20-3)15(18)9-12/h4-10,19H,1-3H3. The Kier molecular flexibility index (Phi) is 4.63. The van der Waals surface area contributed by atoms with E-state index < -0.39 is 0 Å². The van der Waals surface area contributed by atoms with Crippen LogP contribution in [-0.4, -0.2) is 14.2 Å². The third-order valence-corrected chi connectivity index (χ3v) is 3.71. The monoisotopic (exact) mass is 293 g/mol. The van der Waals surface area contributed by atoms with Crippen LogP contribution in [0.4, 0.5) is 4.39 Å². The quantitative estimate of drug-likeness (QED) is 0.900. The summed E-state index contributed by atoms with van der Waals surface area (Å²) in [7, 11) is 3.33. The Morgan fingerprint density at radius 1 is 1.15 bits per heavy atom. The fraction of sp³-hybridized carbons (Fsp3) is 0.250. The summed E-state index contributed by atoms with van der Waals surface area (Å²) >= 11 is 6.29. The smallest absolute Gasteiger partial charge is 0.165 e. The molecule has 0 spiro atoms. The third kappa shape index (κ3) is 2.94. The average Bonchev–Trinajstić information content (AvgIpc) is 2.46. The predicted octanol–water partition coefficient (Wildman–Crippen LogP) is 4.44. The largest absolute Gasteiger partial charge is 0.494 e. The van der Waals surface area contributed by atoms with E-state index in [-0.39, 0.29) is 17.6 Å². The van der Waals surface area contributed by atoms with Gasteiger partial charge in [-0.3, -0.25) is 0 Å². The number of hydrogen-bond donors (Lipinski definition) is 1. The topological polar surface area (TPSA) is 21.3 Å². The summed E-state index contributed by atoms with van der Waals surface area (Å²) in [5, 5.41) is 3.81. The van der Waals surface area contributed by atoms with Gasteiger partial charge >= 0.3 is 0 Å². The summed E-state index contributed by atoms with van der Waals surface area (Å²) in [5.41, 5.74) is 2.67. The molecule has 0 saturated heterocycles. The zero-order chi connectivity index (χ0) is 14.7. The lowest BCUT2D eigenvalue weighted by molar-refractivity contribution is 0.386. The maximum absolute atomic E-state index is 13.7. The predicted molar refractivity (Wildman–Crippen MR) is 80.9 cm³/mol. The lowest BCUT2D eigenvalue weighted by Crippen LogP contribution is -2.12. The van der Waals surface area contributed by atoms with Gasteiger partial charge in [-0.2, -0.15) is 0 Å². The molecule has 0 aliphatic rings. The van der Waals surface area contributed by atoms with E-state index in [0.29, 0.717) is 5.02 Å². The molecule has 0 bridgehead atoms. The Balaban J connectivity index is 2.39. The molecule has 106 valence electrons. The first-order valence-electron chi connectivity index (χ1n) is 6.37. The Bertz CT molecular complexity index is 615. The maximum atomic E-state index is 13.7. The first-order chi connectivity index (χ1) is 9.56. The number of rotatable bonds is 4. The van der Waals surface area contributed by atoms with E-state index in [4.69, 9.17) is 16.3 Å². The molecule has 2 aromatic carbocycles. The molecule has 20 heavy (non-hydrogen) atoms. The summed E-state index contributed by atoms with van der Waals surface area (Å²) in [6.07, 6.45) is 0. The molecule has 4 heteroatoms. The SMILES string of the molecule is CNC(C)c1ccc(-c2ccc(OC)c(F)c2)cc1Cl. The van der Waals surface area contributed by atoms with E-state index in [1.54, 1.807) is 6.07 Å². The van der Waals surface area contributed by atoms with E-state index in [1.165, 1.54) is 13.2 Å². The molecule has 0 radical (unpaired) electrons. The molecular formula is C16H17ClFNO. The Morgan fingerprint density at radius 3 is 2.35 bits per heavy atom. The van der Waals surface area contributed by atoms with Crippen LogP contribution in [-0.2, 0) is 0 Å². The van der Waals surface area contributed by atoms with Gasteiger partial charge in [0.2, 0.25) is 0 Å². The molecule has 0 saturated carbocycles. The summed E-state index contributed by atoms with van der Waals surface area (Å²) in [6, 6.07) is 10.8. The number of ether oxygens (including phenoxy) is 1. The van der Waals surface area contributed by atoms with Crippen molar-refractivity contribution in [2.75, 3.05) is 14.2 Å². The third-order valence-electron chi connectivity index (χ3n) is 3.39. The van der Waals surface area contributed by atoms with Gasteiger partial charge in [-0.1, -0.05) is 29.8 Å². The van der Waals surface area contributed by atoms with Crippen molar-refractivity contribution >= 4 is 11.6 Å². The average molecular weight is 294 g/mol. The van der Waals surface area contributed by atoms with Gasteiger partial charge in [-0.25, -0.2) is 4.39 Å². The van der Waals surface area contributed by atoms with Gasteiger partial charge in [-0.05, 0) is 48.9 Å².